The van der Waals surface area contributed by atoms with Crippen LogP contribution in [-0.4, -0.2) is 15.0 Å². The number of fused-ring (bicyclic) bond motifs is 8. The highest BCUT2D eigenvalue weighted by Gasteiger charge is 2.19. The maximum Gasteiger partial charge on any atom is 0.162 e. The molecule has 0 unspecified atom stereocenters. The SMILES string of the molecule is C1=c2oc3c(-c4ccc(-c5cc(-c6ccc(-c7cccc8c7oc7ccccc78)cc6)nc(-c6ccccc6)n5)cc4)nc4ccc(-c5ccccc5)cc4c3c2=CCC1. The molecule has 5 nitrogen and oxygen atoms in total. The van der Waals surface area contributed by atoms with Gasteiger partial charge in [0.2, 0.25) is 0 Å². The van der Waals surface area contributed by atoms with Crippen LogP contribution < -0.4 is 10.6 Å². The molecule has 0 bridgehead atoms. The number of nitrogens with zero attached hydrogens (tertiary/aromatic N) is 3. The Bertz CT molecular complexity index is 3570. The first-order valence-corrected chi connectivity index (χ1v) is 20.4. The number of furan rings is 2. The lowest BCUT2D eigenvalue weighted by molar-refractivity contribution is 0.572. The first-order valence-electron chi connectivity index (χ1n) is 20.4. The molecule has 0 aliphatic heterocycles. The van der Waals surface area contributed by atoms with Gasteiger partial charge in [0, 0.05) is 54.6 Å². The number of hydrogen-bond donors (Lipinski definition) is 0. The van der Waals surface area contributed by atoms with Gasteiger partial charge in [-0.3, -0.25) is 0 Å². The molecule has 4 heterocycles. The van der Waals surface area contributed by atoms with Crippen molar-refractivity contribution in [2.45, 2.75) is 12.8 Å². The Morgan fingerprint density at radius 2 is 1.03 bits per heavy atom. The highest BCUT2D eigenvalue weighted by Crippen LogP contribution is 2.38. The molecule has 1 aliphatic rings. The van der Waals surface area contributed by atoms with Gasteiger partial charge in [-0.05, 0) is 59.9 Å². The normalized spacial score (nSPS) is 12.5. The highest BCUT2D eigenvalue weighted by atomic mass is 16.3. The topological polar surface area (TPSA) is 65.0 Å². The maximum atomic E-state index is 6.67. The molecule has 11 aromatic rings. The third-order valence-electron chi connectivity index (χ3n) is 11.7. The third kappa shape index (κ3) is 5.74. The van der Waals surface area contributed by atoms with Gasteiger partial charge in [-0.25, -0.2) is 15.0 Å². The fraction of sp³-hybridized carbons (Fsp3) is 0.0364. The summed E-state index contributed by atoms with van der Waals surface area (Å²) in [7, 11) is 0. The van der Waals surface area contributed by atoms with Gasteiger partial charge in [0.25, 0.3) is 0 Å². The highest BCUT2D eigenvalue weighted by molar-refractivity contribution is 6.11. The third-order valence-corrected chi connectivity index (χ3v) is 11.7. The molecule has 0 radical (unpaired) electrons. The summed E-state index contributed by atoms with van der Waals surface area (Å²) in [6.45, 7) is 0. The van der Waals surface area contributed by atoms with Crippen molar-refractivity contribution in [3.05, 3.63) is 187 Å². The fourth-order valence-electron chi connectivity index (χ4n) is 8.76. The smallest absolute Gasteiger partial charge is 0.162 e. The van der Waals surface area contributed by atoms with Crippen molar-refractivity contribution in [2.75, 3.05) is 0 Å². The molecule has 1 aliphatic carbocycles. The van der Waals surface area contributed by atoms with Crippen molar-refractivity contribution in [1.82, 2.24) is 15.0 Å². The van der Waals surface area contributed by atoms with E-state index in [1.54, 1.807) is 0 Å². The number of para-hydroxylation sites is 2. The lowest BCUT2D eigenvalue weighted by Crippen LogP contribution is -2.22. The summed E-state index contributed by atoms with van der Waals surface area (Å²) in [5, 5.41) is 5.62. The van der Waals surface area contributed by atoms with Crippen LogP contribution in [0.3, 0.4) is 0 Å². The van der Waals surface area contributed by atoms with Crippen LogP contribution in [0.5, 0.6) is 0 Å². The Hall–Kier alpha value is -7.89. The quantitative estimate of drug-likeness (QED) is 0.168. The molecule has 60 heavy (non-hydrogen) atoms. The summed E-state index contributed by atoms with van der Waals surface area (Å²) in [6.07, 6.45) is 6.48. The van der Waals surface area contributed by atoms with E-state index in [0.29, 0.717) is 5.82 Å². The predicted molar refractivity (Wildman–Crippen MR) is 244 cm³/mol. The van der Waals surface area contributed by atoms with Gasteiger partial charge in [0.1, 0.15) is 22.3 Å². The summed E-state index contributed by atoms with van der Waals surface area (Å²) in [4.78, 5) is 15.5. The van der Waals surface area contributed by atoms with E-state index < -0.39 is 0 Å². The number of pyridine rings is 1. The molecule has 0 atom stereocenters. The van der Waals surface area contributed by atoms with Gasteiger partial charge in [0.05, 0.1) is 16.9 Å². The van der Waals surface area contributed by atoms with E-state index in [4.69, 9.17) is 23.8 Å². The van der Waals surface area contributed by atoms with Crippen LogP contribution in [0.4, 0.5) is 0 Å². The van der Waals surface area contributed by atoms with Crippen molar-refractivity contribution in [1.29, 1.82) is 0 Å². The lowest BCUT2D eigenvalue weighted by atomic mass is 9.98. The monoisotopic (exact) mass is 769 g/mol. The zero-order valence-corrected chi connectivity index (χ0v) is 32.5. The summed E-state index contributed by atoms with van der Waals surface area (Å²) in [6, 6.07) is 61.0. The number of benzene rings is 7. The Kier molecular flexibility index (Phi) is 7.91. The van der Waals surface area contributed by atoms with Gasteiger partial charge in [-0.2, -0.15) is 0 Å². The van der Waals surface area contributed by atoms with Gasteiger partial charge < -0.3 is 8.83 Å². The van der Waals surface area contributed by atoms with Gasteiger partial charge in [-0.15, -0.1) is 0 Å². The zero-order valence-electron chi connectivity index (χ0n) is 32.5. The predicted octanol–water partition coefficient (Wildman–Crippen LogP) is 13.0. The molecule has 0 amide bonds. The Labute approximate surface area is 345 Å². The standard InChI is InChI=1S/C55H35N3O2/c1-3-12-34(13-4-1)40-30-31-46-45(32-40)51-44-17-8-10-21-50(44)60-54(51)52(56-46)38-28-26-37(27-29-38)48-33-47(57-55(58-48)39-14-5-2-6-15-39)36-24-22-35(23-25-36)41-18-11-19-43-42-16-7-9-20-49(42)59-53(41)43/h1-7,9,11-33H,8,10H2. The molecule has 12 rings (SSSR count). The molecule has 282 valence electrons. The van der Waals surface area contributed by atoms with Crippen LogP contribution >= 0.6 is 0 Å². The average molecular weight is 770 g/mol. The molecule has 0 saturated heterocycles. The molecule has 0 fully saturated rings. The Morgan fingerprint density at radius 1 is 0.400 bits per heavy atom. The Balaban J connectivity index is 0.945. The molecule has 5 heteroatoms. The van der Waals surface area contributed by atoms with E-state index in [9.17, 15) is 0 Å². The second kappa shape index (κ2) is 13.9. The van der Waals surface area contributed by atoms with Crippen molar-refractivity contribution >= 4 is 56.0 Å². The van der Waals surface area contributed by atoms with E-state index >= 15 is 0 Å². The minimum absolute atomic E-state index is 0.671. The van der Waals surface area contributed by atoms with Gasteiger partial charge in [0.15, 0.2) is 11.4 Å². The second-order valence-electron chi connectivity index (χ2n) is 15.4. The fourth-order valence-corrected chi connectivity index (χ4v) is 8.76. The number of aromatic nitrogens is 3. The van der Waals surface area contributed by atoms with Crippen LogP contribution in [-0.2, 0) is 0 Å². The second-order valence-corrected chi connectivity index (χ2v) is 15.4. The van der Waals surface area contributed by atoms with Gasteiger partial charge >= 0.3 is 0 Å². The molecule has 0 saturated carbocycles. The van der Waals surface area contributed by atoms with Crippen LogP contribution in [0.1, 0.15) is 12.8 Å². The largest absolute Gasteiger partial charge is 0.455 e. The van der Waals surface area contributed by atoms with Gasteiger partial charge in [-0.1, -0.05) is 158 Å². The molecular formula is C55H35N3O2. The minimum Gasteiger partial charge on any atom is -0.455 e. The summed E-state index contributed by atoms with van der Waals surface area (Å²) < 4.78 is 13.0. The van der Waals surface area contributed by atoms with E-state index in [0.717, 1.165) is 123 Å². The van der Waals surface area contributed by atoms with Crippen molar-refractivity contribution in [2.24, 2.45) is 0 Å². The van der Waals surface area contributed by atoms with Crippen LogP contribution in [0, 0.1) is 0 Å². The molecular weight excluding hydrogens is 735 g/mol. The van der Waals surface area contributed by atoms with Crippen LogP contribution in [0.2, 0.25) is 0 Å². The minimum atomic E-state index is 0.671. The first-order chi connectivity index (χ1) is 29.7. The molecule has 0 spiro atoms. The van der Waals surface area contributed by atoms with E-state index in [2.05, 4.69) is 158 Å². The van der Waals surface area contributed by atoms with E-state index in [-0.39, 0.29) is 0 Å². The first kappa shape index (κ1) is 34.2. The number of hydrogen-bond acceptors (Lipinski definition) is 5. The van der Waals surface area contributed by atoms with E-state index in [1.165, 1.54) is 5.56 Å². The summed E-state index contributed by atoms with van der Waals surface area (Å²) in [5.41, 5.74) is 15.4. The maximum absolute atomic E-state index is 6.67. The molecule has 4 aromatic heterocycles. The van der Waals surface area contributed by atoms with Crippen LogP contribution in [0.15, 0.2) is 185 Å². The molecule has 0 N–H and O–H groups in total. The Morgan fingerprint density at radius 3 is 1.80 bits per heavy atom. The van der Waals surface area contributed by atoms with Crippen LogP contribution in [0.25, 0.3) is 123 Å². The van der Waals surface area contributed by atoms with E-state index in [1.807, 2.05) is 30.3 Å². The summed E-state index contributed by atoms with van der Waals surface area (Å²) >= 11 is 0. The van der Waals surface area contributed by atoms with Crippen molar-refractivity contribution in [3.63, 3.8) is 0 Å². The van der Waals surface area contributed by atoms with Crippen molar-refractivity contribution in [3.8, 4) is 67.4 Å². The molecule has 7 aromatic carbocycles. The summed E-state index contributed by atoms with van der Waals surface area (Å²) in [5.74, 6) is 0.671. The van der Waals surface area contributed by atoms with Crippen molar-refractivity contribution < 1.29 is 8.83 Å². The number of rotatable bonds is 6. The lowest BCUT2D eigenvalue weighted by Gasteiger charge is -2.11. The average Bonchev–Trinajstić information content (AvgIpc) is 3.91. The zero-order chi connectivity index (χ0) is 39.6.